The van der Waals surface area contributed by atoms with Gasteiger partial charge in [-0.3, -0.25) is 0 Å². The molecule has 4 heteroatoms. The standard InChI is InChI=1S/C10H5NO3/c12-10-3-1-2-8(13-10)4-5-9-6-7-11-14-9/h1-3,6-7H. The molecular weight excluding hydrogens is 182 g/mol. The van der Waals surface area contributed by atoms with E-state index in [0.717, 1.165) is 0 Å². The first-order valence-corrected chi connectivity index (χ1v) is 3.87. The summed E-state index contributed by atoms with van der Waals surface area (Å²) in [6.07, 6.45) is 1.49. The number of hydrogen-bond donors (Lipinski definition) is 0. The van der Waals surface area contributed by atoms with Crippen LogP contribution in [0.1, 0.15) is 11.5 Å². The van der Waals surface area contributed by atoms with Crippen molar-refractivity contribution in [2.45, 2.75) is 0 Å². The van der Waals surface area contributed by atoms with Gasteiger partial charge in [0, 0.05) is 12.1 Å². The van der Waals surface area contributed by atoms with E-state index in [0.29, 0.717) is 11.5 Å². The minimum atomic E-state index is -0.422. The minimum Gasteiger partial charge on any atom is -0.414 e. The normalized spacial score (nSPS) is 9.14. The molecule has 2 aromatic rings. The molecule has 0 aliphatic carbocycles. The van der Waals surface area contributed by atoms with Crippen LogP contribution in [0.2, 0.25) is 0 Å². The molecule has 68 valence electrons. The maximum absolute atomic E-state index is 10.8. The van der Waals surface area contributed by atoms with Gasteiger partial charge in [-0.2, -0.15) is 0 Å². The van der Waals surface area contributed by atoms with Gasteiger partial charge >= 0.3 is 5.63 Å². The summed E-state index contributed by atoms with van der Waals surface area (Å²) >= 11 is 0. The summed E-state index contributed by atoms with van der Waals surface area (Å²) in [4.78, 5) is 10.8. The summed E-state index contributed by atoms with van der Waals surface area (Å²) in [5, 5.41) is 3.48. The van der Waals surface area contributed by atoms with Crippen molar-refractivity contribution >= 4 is 0 Å². The second-order valence-electron chi connectivity index (χ2n) is 2.44. The summed E-state index contributed by atoms with van der Waals surface area (Å²) in [6.45, 7) is 0. The minimum absolute atomic E-state index is 0.300. The van der Waals surface area contributed by atoms with E-state index in [1.807, 2.05) is 0 Å². The molecule has 0 unspecified atom stereocenters. The largest absolute Gasteiger partial charge is 0.414 e. The molecule has 0 N–H and O–H groups in total. The zero-order valence-corrected chi connectivity index (χ0v) is 7.06. The Bertz CT molecular complexity index is 528. The van der Waals surface area contributed by atoms with Crippen LogP contribution < -0.4 is 5.63 Å². The molecule has 0 aromatic carbocycles. The molecule has 0 amide bonds. The van der Waals surface area contributed by atoms with E-state index in [2.05, 4.69) is 17.0 Å². The maximum atomic E-state index is 10.8. The lowest BCUT2D eigenvalue weighted by molar-refractivity contribution is 0.411. The summed E-state index contributed by atoms with van der Waals surface area (Å²) < 4.78 is 9.53. The van der Waals surface area contributed by atoms with Crippen LogP contribution in [0.5, 0.6) is 0 Å². The fourth-order valence-corrected chi connectivity index (χ4v) is 0.861. The van der Waals surface area contributed by atoms with Gasteiger partial charge in [-0.05, 0) is 17.9 Å². The first kappa shape index (κ1) is 8.32. The monoisotopic (exact) mass is 187 g/mol. The van der Waals surface area contributed by atoms with Crippen LogP contribution in [0.3, 0.4) is 0 Å². The zero-order chi connectivity index (χ0) is 9.80. The van der Waals surface area contributed by atoms with Crippen molar-refractivity contribution in [1.82, 2.24) is 5.16 Å². The van der Waals surface area contributed by atoms with Gasteiger partial charge in [-0.25, -0.2) is 4.79 Å². The molecule has 0 fully saturated rings. The van der Waals surface area contributed by atoms with Crippen LogP contribution in [0.25, 0.3) is 0 Å². The highest BCUT2D eigenvalue weighted by Crippen LogP contribution is 1.95. The molecule has 0 saturated heterocycles. The second-order valence-corrected chi connectivity index (χ2v) is 2.44. The number of rotatable bonds is 0. The molecule has 0 aliphatic rings. The number of aromatic nitrogens is 1. The lowest BCUT2D eigenvalue weighted by atomic mass is 10.3. The Balaban J connectivity index is 2.30. The van der Waals surface area contributed by atoms with Crippen LogP contribution in [-0.4, -0.2) is 5.16 Å². The van der Waals surface area contributed by atoms with Gasteiger partial charge < -0.3 is 8.94 Å². The molecule has 0 aliphatic heterocycles. The van der Waals surface area contributed by atoms with Crippen LogP contribution in [0, 0.1) is 11.8 Å². The highest BCUT2D eigenvalue weighted by atomic mass is 16.5. The van der Waals surface area contributed by atoms with E-state index in [4.69, 9.17) is 8.94 Å². The summed E-state index contributed by atoms with van der Waals surface area (Å²) in [7, 11) is 0. The van der Waals surface area contributed by atoms with Crippen molar-refractivity contribution in [2.24, 2.45) is 0 Å². The van der Waals surface area contributed by atoms with E-state index in [1.165, 1.54) is 12.3 Å². The zero-order valence-electron chi connectivity index (χ0n) is 7.06. The van der Waals surface area contributed by atoms with E-state index in [-0.39, 0.29) is 0 Å². The summed E-state index contributed by atoms with van der Waals surface area (Å²) in [6, 6.07) is 6.12. The Morgan fingerprint density at radius 2 is 2.00 bits per heavy atom. The first-order chi connectivity index (χ1) is 6.84. The van der Waals surface area contributed by atoms with Crippen molar-refractivity contribution in [3.8, 4) is 11.8 Å². The van der Waals surface area contributed by atoms with Gasteiger partial charge in [-0.1, -0.05) is 11.2 Å². The third kappa shape index (κ3) is 1.90. The van der Waals surface area contributed by atoms with Crippen molar-refractivity contribution in [2.75, 3.05) is 0 Å². The molecule has 2 rings (SSSR count). The smallest absolute Gasteiger partial charge is 0.336 e. The fourth-order valence-electron chi connectivity index (χ4n) is 0.861. The maximum Gasteiger partial charge on any atom is 0.336 e. The molecule has 4 nitrogen and oxygen atoms in total. The molecular formula is C10H5NO3. The van der Waals surface area contributed by atoms with Crippen molar-refractivity contribution in [3.63, 3.8) is 0 Å². The second kappa shape index (κ2) is 3.62. The van der Waals surface area contributed by atoms with Gasteiger partial charge in [0.2, 0.25) is 5.76 Å². The highest BCUT2D eigenvalue weighted by Gasteiger charge is 1.91. The van der Waals surface area contributed by atoms with Crippen LogP contribution in [0.15, 0.2) is 44.2 Å². The van der Waals surface area contributed by atoms with E-state index < -0.39 is 5.63 Å². The van der Waals surface area contributed by atoms with Crippen LogP contribution in [0.4, 0.5) is 0 Å². The molecule has 14 heavy (non-hydrogen) atoms. The van der Waals surface area contributed by atoms with Crippen molar-refractivity contribution < 1.29 is 8.94 Å². The van der Waals surface area contributed by atoms with Gasteiger partial charge in [0.1, 0.15) is 0 Å². The lowest BCUT2D eigenvalue weighted by Gasteiger charge is -1.84. The van der Waals surface area contributed by atoms with E-state index >= 15 is 0 Å². The molecule has 2 heterocycles. The SMILES string of the molecule is O=c1cccc(C#Cc2ccno2)o1. The van der Waals surface area contributed by atoms with Gasteiger partial charge in [0.25, 0.3) is 0 Å². The molecule has 0 atom stereocenters. The molecule has 0 saturated carbocycles. The average molecular weight is 187 g/mol. The predicted molar refractivity (Wildman–Crippen MR) is 47.5 cm³/mol. The Morgan fingerprint density at radius 3 is 2.71 bits per heavy atom. The molecule has 0 radical (unpaired) electrons. The lowest BCUT2D eigenvalue weighted by Crippen LogP contribution is -1.95. The van der Waals surface area contributed by atoms with Crippen molar-refractivity contribution in [3.05, 3.63) is 52.4 Å². The third-order valence-electron chi connectivity index (χ3n) is 1.44. The Labute approximate surface area is 79.1 Å². The van der Waals surface area contributed by atoms with E-state index in [1.54, 1.807) is 18.2 Å². The Kier molecular flexibility index (Phi) is 2.15. The molecule has 0 bridgehead atoms. The molecule has 0 spiro atoms. The topological polar surface area (TPSA) is 56.2 Å². The summed E-state index contributed by atoms with van der Waals surface area (Å²) in [5.41, 5.74) is -0.422. The van der Waals surface area contributed by atoms with Gasteiger partial charge in [0.05, 0.1) is 6.20 Å². The highest BCUT2D eigenvalue weighted by molar-refractivity contribution is 5.32. The Hall–Kier alpha value is -2.28. The fraction of sp³-hybridized carbons (Fsp3) is 0. The van der Waals surface area contributed by atoms with E-state index in [9.17, 15) is 4.79 Å². The molecule has 2 aromatic heterocycles. The average Bonchev–Trinajstić information content (AvgIpc) is 2.67. The van der Waals surface area contributed by atoms with Gasteiger partial charge in [0.15, 0.2) is 5.76 Å². The quantitative estimate of drug-likeness (QED) is 0.578. The number of nitrogens with zero attached hydrogens (tertiary/aromatic N) is 1. The van der Waals surface area contributed by atoms with Crippen LogP contribution in [-0.2, 0) is 0 Å². The third-order valence-corrected chi connectivity index (χ3v) is 1.44. The predicted octanol–water partition coefficient (Wildman–Crippen LogP) is 1.03. The summed E-state index contributed by atoms with van der Waals surface area (Å²) in [5.74, 6) is 6.02. The first-order valence-electron chi connectivity index (χ1n) is 3.87. The number of hydrogen-bond acceptors (Lipinski definition) is 4. The van der Waals surface area contributed by atoms with Crippen molar-refractivity contribution in [1.29, 1.82) is 0 Å². The van der Waals surface area contributed by atoms with Gasteiger partial charge in [-0.15, -0.1) is 0 Å². The Morgan fingerprint density at radius 1 is 1.14 bits per heavy atom. The van der Waals surface area contributed by atoms with Crippen LogP contribution >= 0.6 is 0 Å².